The molecule has 0 aromatic heterocycles. The second-order valence-corrected chi connectivity index (χ2v) is 3.96. The van der Waals surface area contributed by atoms with Crippen molar-refractivity contribution in [3.8, 4) is 0 Å². The zero-order valence-corrected chi connectivity index (χ0v) is 9.87. The van der Waals surface area contributed by atoms with Crippen molar-refractivity contribution in [2.45, 2.75) is 19.3 Å². The van der Waals surface area contributed by atoms with Gasteiger partial charge in [-0.25, -0.2) is 4.39 Å². The molecule has 4 heteroatoms. The Labute approximate surface area is 91.5 Å². The third-order valence-corrected chi connectivity index (χ3v) is 2.69. The minimum atomic E-state index is -0.236. The molecule has 0 fully saturated rings. The molecule has 1 atom stereocenters. The van der Waals surface area contributed by atoms with E-state index in [2.05, 4.69) is 14.6 Å². The Bertz CT molecular complexity index is 355. The zero-order valence-electron chi connectivity index (χ0n) is 8.72. The summed E-state index contributed by atoms with van der Waals surface area (Å²) in [7, 11) is 4.31. The molecule has 0 heterocycles. The molecule has 1 unspecified atom stereocenters. The van der Waals surface area contributed by atoms with E-state index in [0.717, 1.165) is 29.3 Å². The number of hydrogen-bond acceptors (Lipinski definition) is 2. The quantitative estimate of drug-likeness (QED) is 0.473. The van der Waals surface area contributed by atoms with Crippen LogP contribution in [0.5, 0.6) is 0 Å². The van der Waals surface area contributed by atoms with Crippen LogP contribution in [-0.2, 0) is 11.2 Å². The number of halogens is 1. The number of hydrogen-bond donors (Lipinski definition) is 1. The van der Waals surface area contributed by atoms with Crippen LogP contribution >= 0.6 is 9.24 Å². The summed E-state index contributed by atoms with van der Waals surface area (Å²) >= 11 is 0. The monoisotopic (exact) mass is 227 g/mol. The van der Waals surface area contributed by atoms with Crippen LogP contribution in [0.15, 0.2) is 12.1 Å². The molecule has 0 amide bonds. The lowest BCUT2D eigenvalue weighted by Gasteiger charge is -2.11. The van der Waals surface area contributed by atoms with Gasteiger partial charge in [-0.15, -0.1) is 9.24 Å². The summed E-state index contributed by atoms with van der Waals surface area (Å²) in [4.78, 5) is 10.2. The molecular weight excluding hydrogens is 212 g/mol. The highest BCUT2D eigenvalue weighted by Gasteiger charge is 2.06. The van der Waals surface area contributed by atoms with Crippen LogP contribution in [0.3, 0.4) is 0 Å². The summed E-state index contributed by atoms with van der Waals surface area (Å²) in [6, 6.07) is 2.99. The van der Waals surface area contributed by atoms with E-state index in [4.69, 9.17) is 0 Å². The molecule has 1 aromatic rings. The molecule has 1 rings (SSSR count). The van der Waals surface area contributed by atoms with E-state index in [1.165, 1.54) is 12.1 Å². The number of rotatable bonds is 5. The Kier molecular flexibility index (Phi) is 4.70. The summed E-state index contributed by atoms with van der Waals surface area (Å²) in [5.41, 5.74) is 1.86. The summed E-state index contributed by atoms with van der Waals surface area (Å²) in [6.07, 6.45) is 2.88. The maximum Gasteiger partial charge on any atom is 0.124 e. The summed E-state index contributed by atoms with van der Waals surface area (Å²) in [5.74, 6) is -0.236. The molecule has 2 nitrogen and oxygen atoms in total. The van der Waals surface area contributed by atoms with Crippen LogP contribution in [0.1, 0.15) is 18.4 Å². The van der Waals surface area contributed by atoms with Gasteiger partial charge in [0.25, 0.3) is 0 Å². The van der Waals surface area contributed by atoms with Gasteiger partial charge in [0.05, 0.1) is 0 Å². The van der Waals surface area contributed by atoms with E-state index in [1.807, 2.05) is 7.05 Å². The molecule has 0 radical (unpaired) electrons. The second kappa shape index (κ2) is 5.82. The van der Waals surface area contributed by atoms with E-state index < -0.39 is 0 Å². The van der Waals surface area contributed by atoms with Crippen LogP contribution < -0.4 is 10.6 Å². The topological polar surface area (TPSA) is 29.1 Å². The minimum absolute atomic E-state index is 0.236. The predicted octanol–water partition coefficient (Wildman–Crippen LogP) is 1.89. The van der Waals surface area contributed by atoms with Crippen molar-refractivity contribution in [2.75, 3.05) is 12.4 Å². The van der Waals surface area contributed by atoms with Gasteiger partial charge >= 0.3 is 0 Å². The number of carbonyl (C=O) groups excluding carboxylic acids is 1. The molecular formula is C11H15FNOP. The molecule has 0 saturated carbocycles. The van der Waals surface area contributed by atoms with Gasteiger partial charge in [0.2, 0.25) is 0 Å². The molecule has 0 bridgehead atoms. The number of aldehydes is 1. The predicted molar refractivity (Wildman–Crippen MR) is 64.3 cm³/mol. The third-order valence-electron chi connectivity index (χ3n) is 2.23. The van der Waals surface area contributed by atoms with Crippen LogP contribution in [0.2, 0.25) is 0 Å². The molecule has 0 saturated heterocycles. The fourth-order valence-corrected chi connectivity index (χ4v) is 2.05. The second-order valence-electron chi connectivity index (χ2n) is 3.34. The Balaban J connectivity index is 2.88. The maximum atomic E-state index is 13.1. The van der Waals surface area contributed by atoms with Crippen molar-refractivity contribution >= 4 is 26.5 Å². The van der Waals surface area contributed by atoms with Crippen molar-refractivity contribution in [3.63, 3.8) is 0 Å². The molecule has 1 aromatic carbocycles. The molecule has 0 aliphatic heterocycles. The zero-order chi connectivity index (χ0) is 11.3. The Hall–Kier alpha value is -0.950. The lowest BCUT2D eigenvalue weighted by atomic mass is 10.1. The summed E-state index contributed by atoms with van der Waals surface area (Å²) in [5, 5.41) is 3.86. The van der Waals surface area contributed by atoms with Crippen molar-refractivity contribution < 1.29 is 9.18 Å². The first-order valence-corrected chi connectivity index (χ1v) is 5.46. The first-order valence-electron chi connectivity index (χ1n) is 4.88. The first-order chi connectivity index (χ1) is 7.19. The SMILES string of the molecule is CNc1c(P)cc(F)cc1CCCC=O. The molecule has 1 N–H and O–H groups in total. The van der Waals surface area contributed by atoms with Gasteiger partial charge < -0.3 is 10.1 Å². The number of anilines is 1. The molecule has 0 aliphatic rings. The van der Waals surface area contributed by atoms with Crippen molar-refractivity contribution in [3.05, 3.63) is 23.5 Å². The Morgan fingerprint density at radius 2 is 2.27 bits per heavy atom. The average Bonchev–Trinajstić information content (AvgIpc) is 2.17. The van der Waals surface area contributed by atoms with Crippen LogP contribution in [-0.4, -0.2) is 13.3 Å². The van der Waals surface area contributed by atoms with Crippen molar-refractivity contribution in [1.29, 1.82) is 0 Å². The lowest BCUT2D eigenvalue weighted by Crippen LogP contribution is -2.07. The summed E-state index contributed by atoms with van der Waals surface area (Å²) < 4.78 is 13.1. The van der Waals surface area contributed by atoms with Gasteiger partial charge in [-0.05, 0) is 35.8 Å². The number of unbranched alkanes of at least 4 members (excludes halogenated alkanes) is 1. The summed E-state index contributed by atoms with van der Waals surface area (Å²) in [6.45, 7) is 0. The maximum absolute atomic E-state index is 13.1. The standard InChI is InChI=1S/C11H15FNOP/c1-13-11-8(4-2-3-5-14)6-9(12)7-10(11)15/h5-7,13H,2-4,15H2,1H3. The van der Waals surface area contributed by atoms with E-state index >= 15 is 0 Å². The number of aryl methyl sites for hydroxylation is 1. The molecule has 82 valence electrons. The van der Waals surface area contributed by atoms with Gasteiger partial charge in [-0.1, -0.05) is 0 Å². The largest absolute Gasteiger partial charge is 0.387 e. The van der Waals surface area contributed by atoms with E-state index in [0.29, 0.717) is 12.8 Å². The van der Waals surface area contributed by atoms with E-state index in [1.54, 1.807) is 0 Å². The molecule has 0 spiro atoms. The molecule has 0 aliphatic carbocycles. The van der Waals surface area contributed by atoms with E-state index in [-0.39, 0.29) is 5.82 Å². The fraction of sp³-hybridized carbons (Fsp3) is 0.364. The highest BCUT2D eigenvalue weighted by atomic mass is 31.0. The Morgan fingerprint density at radius 3 is 2.87 bits per heavy atom. The van der Waals surface area contributed by atoms with Crippen LogP contribution in [0.25, 0.3) is 0 Å². The highest BCUT2D eigenvalue weighted by molar-refractivity contribution is 7.28. The minimum Gasteiger partial charge on any atom is -0.387 e. The molecule has 15 heavy (non-hydrogen) atoms. The number of benzene rings is 1. The third kappa shape index (κ3) is 3.28. The number of nitrogens with one attached hydrogen (secondary N) is 1. The number of carbonyl (C=O) groups is 1. The van der Waals surface area contributed by atoms with Gasteiger partial charge in [-0.3, -0.25) is 0 Å². The van der Waals surface area contributed by atoms with E-state index in [9.17, 15) is 9.18 Å². The van der Waals surface area contributed by atoms with Gasteiger partial charge in [0.15, 0.2) is 0 Å². The van der Waals surface area contributed by atoms with Gasteiger partial charge in [0.1, 0.15) is 12.1 Å². The van der Waals surface area contributed by atoms with Gasteiger partial charge in [-0.2, -0.15) is 0 Å². The fourth-order valence-electron chi connectivity index (χ4n) is 1.56. The first kappa shape index (κ1) is 12.1. The average molecular weight is 227 g/mol. The Morgan fingerprint density at radius 1 is 1.53 bits per heavy atom. The normalized spacial score (nSPS) is 10.1. The van der Waals surface area contributed by atoms with Crippen molar-refractivity contribution in [1.82, 2.24) is 0 Å². The van der Waals surface area contributed by atoms with Crippen molar-refractivity contribution in [2.24, 2.45) is 0 Å². The smallest absolute Gasteiger partial charge is 0.124 e. The van der Waals surface area contributed by atoms with Crippen LogP contribution in [0.4, 0.5) is 10.1 Å². The highest BCUT2D eigenvalue weighted by Crippen LogP contribution is 2.18. The van der Waals surface area contributed by atoms with Gasteiger partial charge in [0, 0.05) is 19.2 Å². The van der Waals surface area contributed by atoms with Crippen LogP contribution in [0, 0.1) is 5.82 Å². The lowest BCUT2D eigenvalue weighted by molar-refractivity contribution is -0.107.